The monoisotopic (exact) mass is 1200 g/mol. The Kier molecular flexibility index (Phi) is 39.6. The molecule has 42 heavy (non-hydrogen) atoms. The Morgan fingerprint density at radius 1 is 0.571 bits per heavy atom. The average molecular weight is 1200 g/mol. The average Bonchev–Trinajstić information content (AvgIpc) is 2.58. The van der Waals surface area contributed by atoms with Crippen molar-refractivity contribution >= 4 is 33.7 Å². The minimum atomic E-state index is -2.24. The fraction of sp³-hybridized carbons (Fsp3) is 0.909. The topological polar surface area (TPSA) is 173 Å². The van der Waals surface area contributed by atoms with Crippen molar-refractivity contribution in [2.45, 2.75) is 12.8 Å². The van der Waals surface area contributed by atoms with Gasteiger partial charge in [-0.3, -0.25) is 0 Å². The summed E-state index contributed by atoms with van der Waals surface area (Å²) in [6, 6.07) is 0. The van der Waals surface area contributed by atoms with Crippen LogP contribution in [0.4, 0.5) is 0 Å². The van der Waals surface area contributed by atoms with Crippen LogP contribution in [0.3, 0.4) is 0 Å². The predicted octanol–water partition coefficient (Wildman–Crippen LogP) is -9.31. The maximum atomic E-state index is 10.3. The number of quaternary nitrogens is 4. The second-order valence-corrected chi connectivity index (χ2v) is 14.2. The Labute approximate surface area is 258 Å². The summed E-state index contributed by atoms with van der Waals surface area (Å²) in [4.78, 5) is 20.2. The molecule has 0 rings (SSSR count). The summed E-state index contributed by atoms with van der Waals surface area (Å²) in [5.74, 6) is -2.10. The van der Waals surface area contributed by atoms with Crippen molar-refractivity contribution in [3.63, 3.8) is 0 Å². The van der Waals surface area contributed by atoms with Gasteiger partial charge in [-0.05, 0) is 34.9 Å². The third kappa shape index (κ3) is 90.6. The molecule has 20 heteroatoms. The normalized spacial score (nSPS) is 10.8. The minimum absolute atomic E-state index is 0. The van der Waals surface area contributed by atoms with E-state index >= 15 is 0 Å². The van der Waals surface area contributed by atoms with Gasteiger partial charge in [-0.2, -0.15) is 0 Å². The zero-order chi connectivity index (χ0) is 31.4. The minimum Gasteiger partial charge on any atom is -1.00 e. The van der Waals surface area contributed by atoms with Crippen LogP contribution in [0.5, 0.6) is 0 Å². The van der Waals surface area contributed by atoms with Crippen LogP contribution in [0, 0.1) is 0 Å². The van der Waals surface area contributed by atoms with Crippen LogP contribution in [0.1, 0.15) is 12.8 Å². The summed E-state index contributed by atoms with van der Waals surface area (Å²) in [5.41, 5.74) is 0. The Bertz CT molecular complexity index is 798. The van der Waals surface area contributed by atoms with E-state index in [2.05, 4.69) is 58.8 Å². The van der Waals surface area contributed by atoms with Crippen molar-refractivity contribution in [3.05, 3.63) is 0 Å². The van der Waals surface area contributed by atoms with E-state index in [1.165, 1.54) is 0 Å². The van der Waals surface area contributed by atoms with Gasteiger partial charge in [0.15, 0.2) is 0 Å². The first-order valence-electron chi connectivity index (χ1n) is 11.9. The molecule has 14 nitrogen and oxygen atoms in total. The van der Waals surface area contributed by atoms with Crippen LogP contribution in [-0.2, 0) is 48.2 Å². The molecule has 0 aliphatic heterocycles. The number of hydrogen-bond donors (Lipinski definition) is 2. The molecular weight excluding hydrogens is 1150 g/mol. The summed E-state index contributed by atoms with van der Waals surface area (Å²) in [6.07, 6.45) is 1.46. The molecule has 0 fully saturated rings. The molecule has 0 aromatic heterocycles. The SMILES string of the molecule is C[N+](C)(C)C.C[N+](C)(C)CC(=O)[O-].C[N+](C)(C)CCCN[S-](=O)=O.C[N+](C)(CCCN[S-](=O)=O)CC(=O)[O-].[Cl-].[Cl-].[Rf].[Rf]. The molecule has 0 unspecified atom stereocenters. The first-order valence-corrected chi connectivity index (χ1v) is 14.1. The van der Waals surface area contributed by atoms with Gasteiger partial charge in [-0.15, -0.1) is 0 Å². The van der Waals surface area contributed by atoms with Crippen LogP contribution in [0.25, 0.3) is 0 Å². The van der Waals surface area contributed by atoms with E-state index in [-0.39, 0.29) is 42.4 Å². The third-order valence-corrected chi connectivity index (χ3v) is 4.43. The van der Waals surface area contributed by atoms with E-state index in [0.29, 0.717) is 30.5 Å². The number of rotatable bonds is 14. The van der Waals surface area contributed by atoms with Crippen LogP contribution < -0.4 is 44.5 Å². The number of hydrogen-bond acceptors (Lipinski definition) is 10. The molecule has 0 aromatic rings. The zero-order valence-electron chi connectivity index (χ0n) is 27.7. The van der Waals surface area contributed by atoms with E-state index in [1.807, 2.05) is 0 Å². The molecule has 0 saturated carbocycles. The van der Waals surface area contributed by atoms with Gasteiger partial charge >= 0.3 is 0 Å². The zero-order valence-corrected chi connectivity index (χ0v) is 43.6. The van der Waals surface area contributed by atoms with E-state index in [0.717, 1.165) is 21.9 Å². The second kappa shape index (κ2) is 28.3. The van der Waals surface area contributed by atoms with Crippen molar-refractivity contribution in [2.24, 2.45) is 0 Å². The second-order valence-electron chi connectivity index (χ2n) is 12.7. The number of carbonyl (C=O) groups excluding carboxylic acids is 2. The van der Waals surface area contributed by atoms with Gasteiger partial charge in [-0.25, -0.2) is 0 Å². The molecule has 0 aliphatic carbocycles. The van der Waals surface area contributed by atoms with Crippen molar-refractivity contribution < 1.29 is 79.4 Å². The summed E-state index contributed by atoms with van der Waals surface area (Å²) >= 11 is 0. The smallest absolute Gasteiger partial charge is 0.119 e. The maximum Gasteiger partial charge on any atom is 0.119 e. The van der Waals surface area contributed by atoms with Crippen molar-refractivity contribution in [1.29, 1.82) is 0 Å². The van der Waals surface area contributed by atoms with Crippen molar-refractivity contribution in [3.8, 4) is 0 Å². The van der Waals surface area contributed by atoms with Gasteiger partial charge in [0.2, 0.25) is 0 Å². The number of carboxylic acid groups (broad SMARTS) is 2. The molecule has 0 spiro atoms. The fourth-order valence-electron chi connectivity index (χ4n) is 2.19. The van der Waals surface area contributed by atoms with E-state index < -0.39 is 33.7 Å². The number of nitrogens with one attached hydrogen (secondary N) is 2. The molecule has 252 valence electrons. The van der Waals surface area contributed by atoms with Gasteiger partial charge in [0.1, 0.15) is 13.1 Å². The van der Waals surface area contributed by atoms with E-state index in [9.17, 15) is 36.6 Å². The number of halogens is 2. The molecule has 0 aromatic carbocycles. The molecule has 0 saturated heterocycles. The standard InChI is InChI=1S/C7H15N2O4S.C6H16N2O2S.C5H11NO2.C4H12N.2ClH.2Rf/c1-9(2,6-7(10)11)5-3-4-8-14(12)13;1-8(2,3)6-4-5-7-11(9)10;1-6(2,3)4-5(7)8;1-5(2,3)4;;;;/h3-6H2,1-2H3,(H-,8,10,11,12,13);4-6H2,1-3H3,(H,7,9,10);4H2,1-3H3;1-4H3;2*1H;;/q-1;;;+1;;;;/p-2. The van der Waals surface area contributed by atoms with Crippen molar-refractivity contribution in [2.75, 3.05) is 124 Å². The van der Waals surface area contributed by atoms with Gasteiger partial charge < -0.3 is 88.8 Å². The van der Waals surface area contributed by atoms with Gasteiger partial charge in [-0.1, -0.05) is 0 Å². The Hall–Kier alpha value is -2.82. The van der Waals surface area contributed by atoms with Crippen molar-refractivity contribution in [1.82, 2.24) is 9.44 Å². The number of aliphatic carboxylic acids is 2. The quantitative estimate of drug-likeness (QED) is 0.0982. The largest absolute Gasteiger partial charge is 1.00 e. The van der Waals surface area contributed by atoms with Gasteiger partial charge in [0, 0.05) is 12.8 Å². The number of nitrogens with zero attached hydrogens (tertiary/aromatic N) is 4. The summed E-state index contributed by atoms with van der Waals surface area (Å²) in [6.45, 7) is 2.42. The first-order chi connectivity index (χ1) is 16.7. The van der Waals surface area contributed by atoms with Gasteiger partial charge in [0.05, 0.1) is 110 Å². The Balaban J connectivity index is -0.0000000624. The summed E-state index contributed by atoms with van der Waals surface area (Å²) in [7, 11) is 19.3. The van der Waals surface area contributed by atoms with Gasteiger partial charge in [0.25, 0.3) is 0 Å². The molecule has 0 atom stereocenters. The first kappa shape index (κ1) is 58.7. The molecule has 0 radical (unpaired) electrons. The number of likely N-dealkylation sites (N-methyl/N-ethyl adjacent to an activating group) is 2. The molecule has 0 bridgehead atoms. The molecule has 0 heterocycles. The molecule has 0 aliphatic rings. The third-order valence-electron chi connectivity index (χ3n) is 3.55. The predicted molar refractivity (Wildman–Crippen MR) is 144 cm³/mol. The summed E-state index contributed by atoms with van der Waals surface area (Å²) in [5, 5.41) is 20.2. The van der Waals surface area contributed by atoms with Crippen LogP contribution >= 0.6 is 0 Å². The van der Waals surface area contributed by atoms with Crippen LogP contribution in [0.15, 0.2) is 0 Å². The summed E-state index contributed by atoms with van der Waals surface area (Å²) < 4.78 is 47.3. The molecular formula is C22H54Cl2N6O8Rf2S2-2. The number of carboxylic acids is 2. The Morgan fingerprint density at radius 2 is 0.857 bits per heavy atom. The fourth-order valence-corrected chi connectivity index (χ4v) is 2.81. The van der Waals surface area contributed by atoms with E-state index in [1.54, 1.807) is 35.2 Å². The van der Waals surface area contributed by atoms with Crippen LogP contribution in [0.2, 0.25) is 0 Å². The Morgan fingerprint density at radius 3 is 1.05 bits per heavy atom. The van der Waals surface area contributed by atoms with E-state index in [4.69, 9.17) is 0 Å². The molecule has 2 N–H and O–H groups in total. The number of carbonyl (C=O) groups is 2. The van der Waals surface area contributed by atoms with Crippen LogP contribution in [-0.4, -0.2) is 154 Å². The maximum absolute atomic E-state index is 10.3. The molecule has 0 amide bonds.